The minimum atomic E-state index is -0.555. The van der Waals surface area contributed by atoms with Crippen molar-refractivity contribution in [3.63, 3.8) is 0 Å². The summed E-state index contributed by atoms with van der Waals surface area (Å²) in [5.41, 5.74) is 7.07. The molecule has 21 heavy (non-hydrogen) atoms. The first-order chi connectivity index (χ1) is 9.11. The van der Waals surface area contributed by atoms with Gasteiger partial charge in [-0.2, -0.15) is 0 Å². The largest absolute Gasteiger partial charge is 0.147 e. The van der Waals surface area contributed by atoms with Crippen LogP contribution in [0.25, 0.3) is 0 Å². The summed E-state index contributed by atoms with van der Waals surface area (Å²) < 4.78 is 0.999. The third-order valence-corrected chi connectivity index (χ3v) is 10.4. The topological polar surface area (TPSA) is 0 Å². The maximum atomic E-state index is 2.58. The van der Waals surface area contributed by atoms with Gasteiger partial charge in [0.05, 0.1) is 0 Å². The molecule has 0 heterocycles. The molecule has 4 aliphatic rings. The third-order valence-electron chi connectivity index (χ3n) is 5.53. The van der Waals surface area contributed by atoms with Crippen LogP contribution in [0.4, 0.5) is 0 Å². The minimum absolute atomic E-state index is 0. The Morgan fingerprint density at radius 1 is 0.762 bits per heavy atom. The first-order valence-electron chi connectivity index (χ1n) is 7.74. The van der Waals surface area contributed by atoms with E-state index >= 15 is 0 Å². The number of rotatable bonds is 2. The Bertz CT molecular complexity index is 520. The average molecular weight is 403 g/mol. The summed E-state index contributed by atoms with van der Waals surface area (Å²) in [6.07, 6.45) is 18.4. The molecule has 0 saturated carbocycles. The van der Waals surface area contributed by atoms with Crippen LogP contribution in [-0.2, 0) is 23.2 Å². The van der Waals surface area contributed by atoms with Gasteiger partial charge in [-0.25, -0.2) is 0 Å². The Morgan fingerprint density at radius 2 is 1.19 bits per heavy atom. The zero-order valence-electron chi connectivity index (χ0n) is 12.9. The summed E-state index contributed by atoms with van der Waals surface area (Å²) in [6.45, 7) is 5.10. The van der Waals surface area contributed by atoms with Gasteiger partial charge in [-0.15, -0.1) is 24.8 Å². The van der Waals surface area contributed by atoms with E-state index in [1.165, 1.54) is 38.5 Å². The van der Waals surface area contributed by atoms with E-state index in [1.54, 1.807) is 11.1 Å². The molecule has 2 atom stereocenters. The molecule has 3 heteroatoms. The molecule has 2 unspecified atom stereocenters. The van der Waals surface area contributed by atoms with E-state index in [0.29, 0.717) is 6.25 Å². The molecule has 0 N–H and O–H groups in total. The van der Waals surface area contributed by atoms with Crippen molar-refractivity contribution in [3.8, 4) is 0 Å². The van der Waals surface area contributed by atoms with Crippen LogP contribution in [0.1, 0.15) is 52.4 Å². The van der Waals surface area contributed by atoms with Gasteiger partial charge < -0.3 is 0 Å². The van der Waals surface area contributed by atoms with Crippen LogP contribution in [0.15, 0.2) is 46.6 Å². The molecule has 0 fully saturated rings. The van der Waals surface area contributed by atoms with E-state index in [1.807, 2.05) is 11.1 Å². The molecule has 0 aromatic heterocycles. The molecule has 0 aromatic carbocycles. The van der Waals surface area contributed by atoms with Crippen molar-refractivity contribution >= 4 is 24.8 Å². The second-order valence-electron chi connectivity index (χ2n) is 6.91. The summed E-state index contributed by atoms with van der Waals surface area (Å²) >= 11 is -0.555. The Kier molecular flexibility index (Phi) is 5.20. The average Bonchev–Trinajstić information content (AvgIpc) is 3.07. The van der Waals surface area contributed by atoms with Gasteiger partial charge in [0, 0.05) is 0 Å². The maximum Gasteiger partial charge on any atom is -0.147 e. The van der Waals surface area contributed by atoms with Crippen LogP contribution in [-0.4, -0.2) is 0 Å². The van der Waals surface area contributed by atoms with Crippen LogP contribution >= 0.6 is 24.8 Å². The molecule has 4 aliphatic carbocycles. The molecular formula is C18H24Cl2Zr. The molecule has 0 radical (unpaired) electrons. The minimum Gasteiger partial charge on any atom is -0.147 e. The summed E-state index contributed by atoms with van der Waals surface area (Å²) in [4.78, 5) is 0. The van der Waals surface area contributed by atoms with Crippen molar-refractivity contribution in [2.24, 2.45) is 0 Å². The molecule has 0 aliphatic heterocycles. The normalized spacial score (nSPS) is 35.7. The predicted molar refractivity (Wildman–Crippen MR) is 91.3 cm³/mol. The molecule has 0 spiro atoms. The van der Waals surface area contributed by atoms with Crippen LogP contribution < -0.4 is 0 Å². The van der Waals surface area contributed by atoms with Crippen molar-refractivity contribution < 1.29 is 23.2 Å². The van der Waals surface area contributed by atoms with Crippen molar-refractivity contribution in [1.29, 1.82) is 0 Å². The molecule has 114 valence electrons. The van der Waals surface area contributed by atoms with Gasteiger partial charge in [-0.3, -0.25) is 0 Å². The standard InChI is InChI=1S/2C9H11.2ClH.Zr/c2*1-7-5-6-8-3-2-4-9(7)8;;;/h2*5-6H,2-4H2,1H3;2*1H;. The van der Waals surface area contributed by atoms with E-state index in [4.69, 9.17) is 0 Å². The smallest absolute Gasteiger partial charge is 0.147 e. The van der Waals surface area contributed by atoms with Crippen LogP contribution in [0.2, 0.25) is 6.25 Å². The van der Waals surface area contributed by atoms with Crippen LogP contribution in [0, 0.1) is 0 Å². The molecular weight excluding hydrogens is 378 g/mol. The number of hydrogen-bond donors (Lipinski definition) is 0. The predicted octanol–water partition coefficient (Wildman–Crippen LogP) is 6.37. The van der Waals surface area contributed by atoms with Gasteiger partial charge >= 0.3 is 128 Å². The van der Waals surface area contributed by atoms with E-state index in [9.17, 15) is 0 Å². The molecule has 0 saturated heterocycles. The fourth-order valence-corrected chi connectivity index (χ4v) is 10.2. The Labute approximate surface area is 152 Å². The zero-order chi connectivity index (χ0) is 13.1. The summed E-state index contributed by atoms with van der Waals surface area (Å²) in [5, 5.41) is 0. The molecule has 4 rings (SSSR count). The Hall–Kier alpha value is 0.423. The number of halogens is 2. The molecule has 0 bridgehead atoms. The van der Waals surface area contributed by atoms with Crippen molar-refractivity contribution in [2.45, 2.75) is 58.6 Å². The van der Waals surface area contributed by atoms with Gasteiger partial charge in [-0.1, -0.05) is 0 Å². The number of allylic oxidation sites excluding steroid dienone is 8. The van der Waals surface area contributed by atoms with Crippen molar-refractivity contribution in [1.82, 2.24) is 0 Å². The van der Waals surface area contributed by atoms with Crippen molar-refractivity contribution in [2.75, 3.05) is 0 Å². The fourth-order valence-electron chi connectivity index (χ4n) is 4.60. The van der Waals surface area contributed by atoms with Crippen molar-refractivity contribution in [3.05, 3.63) is 46.6 Å². The zero-order valence-corrected chi connectivity index (χ0v) is 17.0. The summed E-state index contributed by atoms with van der Waals surface area (Å²) in [6, 6.07) is 0. The quantitative estimate of drug-likeness (QED) is 0.503. The SMILES string of the molecule is C[C]1([Zr][C]2(C)C=CC3=C2CCC3)C=CC2=C1CCC2.Cl.Cl. The second kappa shape index (κ2) is 6.14. The van der Waals surface area contributed by atoms with E-state index in [0.717, 1.165) is 0 Å². The van der Waals surface area contributed by atoms with E-state index < -0.39 is 23.2 Å². The maximum absolute atomic E-state index is 2.58. The van der Waals surface area contributed by atoms with E-state index in [-0.39, 0.29) is 24.8 Å². The van der Waals surface area contributed by atoms with Gasteiger partial charge in [-0.05, 0) is 0 Å². The fraction of sp³-hybridized carbons (Fsp3) is 0.556. The first kappa shape index (κ1) is 17.8. The summed E-state index contributed by atoms with van der Waals surface area (Å²) in [5.74, 6) is 0. The molecule has 0 aromatic rings. The van der Waals surface area contributed by atoms with E-state index in [2.05, 4.69) is 38.2 Å². The summed E-state index contributed by atoms with van der Waals surface area (Å²) in [7, 11) is 0. The number of hydrogen-bond acceptors (Lipinski definition) is 0. The molecule has 0 nitrogen and oxygen atoms in total. The van der Waals surface area contributed by atoms with Gasteiger partial charge in [0.25, 0.3) is 0 Å². The Morgan fingerprint density at radius 3 is 1.62 bits per heavy atom. The first-order valence-corrected chi connectivity index (χ1v) is 10.2. The second-order valence-corrected chi connectivity index (χ2v) is 12.6. The van der Waals surface area contributed by atoms with Crippen LogP contribution in [0.3, 0.4) is 0 Å². The molecule has 0 amide bonds. The van der Waals surface area contributed by atoms with Gasteiger partial charge in [0.15, 0.2) is 0 Å². The Balaban J connectivity index is 0.000000807. The third kappa shape index (κ3) is 2.73. The van der Waals surface area contributed by atoms with Gasteiger partial charge in [0.1, 0.15) is 0 Å². The van der Waals surface area contributed by atoms with Crippen LogP contribution in [0.5, 0.6) is 0 Å². The van der Waals surface area contributed by atoms with Gasteiger partial charge in [0.2, 0.25) is 0 Å². The monoisotopic (exact) mass is 400 g/mol.